The topological polar surface area (TPSA) is 58.4 Å². The number of carbonyl (C=O) groups is 1. The third kappa shape index (κ3) is 4.37. The lowest BCUT2D eigenvalue weighted by Gasteiger charge is -2.17. The van der Waals surface area contributed by atoms with Crippen molar-refractivity contribution in [2.75, 3.05) is 19.0 Å². The smallest absolute Gasteiger partial charge is 0.251 e. The maximum absolute atomic E-state index is 12.0. The fourth-order valence-corrected chi connectivity index (χ4v) is 1.85. The Bertz CT molecular complexity index is 402. The molecule has 0 bridgehead atoms. The molecule has 0 aromatic heterocycles. The Morgan fingerprint density at radius 2 is 2.06 bits per heavy atom. The van der Waals surface area contributed by atoms with Crippen molar-refractivity contribution in [3.8, 4) is 0 Å². The zero-order chi connectivity index (χ0) is 13.7. The lowest BCUT2D eigenvalue weighted by atomic mass is 10.1. The number of hydrogen-bond acceptors (Lipinski definition) is 3. The van der Waals surface area contributed by atoms with E-state index in [9.17, 15) is 4.79 Å². The minimum Gasteiger partial charge on any atom is -0.378 e. The molecule has 0 saturated heterocycles. The molecule has 1 amide bonds. The Morgan fingerprint density at radius 3 is 2.61 bits per heavy atom. The van der Waals surface area contributed by atoms with Gasteiger partial charge in [-0.1, -0.05) is 6.07 Å². The van der Waals surface area contributed by atoms with Crippen molar-refractivity contribution in [2.24, 2.45) is 5.73 Å². The van der Waals surface area contributed by atoms with Crippen LogP contribution in [-0.4, -0.2) is 32.1 Å². The Balaban J connectivity index is 2.69. The van der Waals surface area contributed by atoms with E-state index in [-0.39, 0.29) is 18.0 Å². The highest BCUT2D eigenvalue weighted by molar-refractivity contribution is 5.95. The largest absolute Gasteiger partial charge is 0.378 e. The van der Waals surface area contributed by atoms with Crippen molar-refractivity contribution in [1.29, 1.82) is 0 Å². The third-order valence-corrected chi connectivity index (χ3v) is 2.73. The van der Waals surface area contributed by atoms with Crippen molar-refractivity contribution < 1.29 is 4.79 Å². The molecule has 0 saturated carbocycles. The Morgan fingerprint density at radius 1 is 1.39 bits per heavy atom. The van der Waals surface area contributed by atoms with Crippen LogP contribution in [0, 0.1) is 0 Å². The van der Waals surface area contributed by atoms with Gasteiger partial charge in [-0.2, -0.15) is 0 Å². The molecule has 0 heterocycles. The van der Waals surface area contributed by atoms with Gasteiger partial charge in [-0.05, 0) is 38.5 Å². The van der Waals surface area contributed by atoms with Crippen molar-refractivity contribution in [2.45, 2.75) is 32.4 Å². The maximum atomic E-state index is 12.0. The quantitative estimate of drug-likeness (QED) is 0.833. The van der Waals surface area contributed by atoms with Gasteiger partial charge < -0.3 is 16.0 Å². The number of nitrogens with zero attached hydrogens (tertiary/aromatic N) is 1. The number of hydrogen-bond donors (Lipinski definition) is 2. The summed E-state index contributed by atoms with van der Waals surface area (Å²) in [5.41, 5.74) is 7.41. The van der Waals surface area contributed by atoms with Gasteiger partial charge in [0.1, 0.15) is 0 Å². The third-order valence-electron chi connectivity index (χ3n) is 2.73. The molecule has 2 unspecified atom stereocenters. The first-order valence-corrected chi connectivity index (χ1v) is 6.24. The molecule has 0 aliphatic rings. The lowest BCUT2D eigenvalue weighted by molar-refractivity contribution is 0.0937. The van der Waals surface area contributed by atoms with Gasteiger partial charge in [0.25, 0.3) is 5.91 Å². The van der Waals surface area contributed by atoms with Crippen LogP contribution in [0.25, 0.3) is 0 Å². The van der Waals surface area contributed by atoms with E-state index in [4.69, 9.17) is 5.73 Å². The number of carbonyl (C=O) groups excluding carboxylic acids is 1. The minimum absolute atomic E-state index is 0.0492. The molecule has 1 aromatic carbocycles. The molecule has 0 fully saturated rings. The highest BCUT2D eigenvalue weighted by Gasteiger charge is 2.11. The molecule has 2 atom stereocenters. The minimum atomic E-state index is -0.0492. The van der Waals surface area contributed by atoms with Crippen molar-refractivity contribution in [3.05, 3.63) is 29.8 Å². The highest BCUT2D eigenvalue weighted by atomic mass is 16.1. The summed E-state index contributed by atoms with van der Waals surface area (Å²) in [6.45, 7) is 3.91. The predicted molar refractivity (Wildman–Crippen MR) is 76.0 cm³/mol. The fraction of sp³-hybridized carbons (Fsp3) is 0.500. The molecule has 0 spiro atoms. The monoisotopic (exact) mass is 249 g/mol. The molecule has 0 aliphatic carbocycles. The summed E-state index contributed by atoms with van der Waals surface area (Å²) < 4.78 is 0. The second-order valence-corrected chi connectivity index (χ2v) is 5.03. The number of nitrogens with one attached hydrogen (secondary N) is 1. The normalized spacial score (nSPS) is 13.8. The number of anilines is 1. The molecule has 0 radical (unpaired) electrons. The van der Waals surface area contributed by atoms with E-state index in [0.717, 1.165) is 12.1 Å². The first kappa shape index (κ1) is 14.5. The Hall–Kier alpha value is -1.55. The number of benzene rings is 1. The molecule has 4 nitrogen and oxygen atoms in total. The van der Waals surface area contributed by atoms with Crippen LogP contribution in [0.5, 0.6) is 0 Å². The summed E-state index contributed by atoms with van der Waals surface area (Å²) >= 11 is 0. The average molecular weight is 249 g/mol. The predicted octanol–water partition coefficient (Wildman–Crippen LogP) is 1.61. The molecule has 1 aromatic rings. The van der Waals surface area contributed by atoms with Crippen LogP contribution in [-0.2, 0) is 0 Å². The van der Waals surface area contributed by atoms with Gasteiger partial charge in [0.2, 0.25) is 0 Å². The lowest BCUT2D eigenvalue weighted by Crippen LogP contribution is -2.36. The van der Waals surface area contributed by atoms with Gasteiger partial charge >= 0.3 is 0 Å². The van der Waals surface area contributed by atoms with E-state index in [0.29, 0.717) is 5.56 Å². The van der Waals surface area contributed by atoms with Gasteiger partial charge in [-0.25, -0.2) is 0 Å². The Labute approximate surface area is 109 Å². The molecule has 1 rings (SSSR count). The molecule has 18 heavy (non-hydrogen) atoms. The van der Waals surface area contributed by atoms with Crippen molar-refractivity contribution in [1.82, 2.24) is 5.32 Å². The summed E-state index contributed by atoms with van der Waals surface area (Å²) in [6, 6.07) is 7.74. The van der Waals surface area contributed by atoms with Gasteiger partial charge in [0, 0.05) is 37.4 Å². The molecular formula is C14H23N3O. The van der Waals surface area contributed by atoms with Crippen LogP contribution in [0.2, 0.25) is 0 Å². The second-order valence-electron chi connectivity index (χ2n) is 5.03. The van der Waals surface area contributed by atoms with Gasteiger partial charge in [0.05, 0.1) is 0 Å². The van der Waals surface area contributed by atoms with E-state index < -0.39 is 0 Å². The van der Waals surface area contributed by atoms with Crippen LogP contribution in [0.3, 0.4) is 0 Å². The average Bonchev–Trinajstić information content (AvgIpc) is 2.27. The van der Waals surface area contributed by atoms with E-state index in [1.54, 1.807) is 0 Å². The van der Waals surface area contributed by atoms with Gasteiger partial charge in [-0.3, -0.25) is 4.79 Å². The summed E-state index contributed by atoms with van der Waals surface area (Å²) in [7, 11) is 3.91. The molecule has 100 valence electrons. The van der Waals surface area contributed by atoms with Crippen molar-refractivity contribution >= 4 is 11.6 Å². The van der Waals surface area contributed by atoms with E-state index >= 15 is 0 Å². The van der Waals surface area contributed by atoms with Crippen LogP contribution in [0.4, 0.5) is 5.69 Å². The second kappa shape index (κ2) is 6.40. The SMILES string of the molecule is CC(N)CC(C)NC(=O)c1cccc(N(C)C)c1. The fourth-order valence-electron chi connectivity index (χ4n) is 1.85. The van der Waals surface area contributed by atoms with Crippen LogP contribution in [0.15, 0.2) is 24.3 Å². The maximum Gasteiger partial charge on any atom is 0.251 e. The number of rotatable bonds is 5. The summed E-state index contributed by atoms with van der Waals surface area (Å²) in [5.74, 6) is -0.0492. The molecule has 3 N–H and O–H groups in total. The standard InChI is InChI=1S/C14H23N3O/c1-10(15)8-11(2)16-14(18)12-6-5-7-13(9-12)17(3)4/h5-7,9-11H,8,15H2,1-4H3,(H,16,18). The highest BCUT2D eigenvalue weighted by Crippen LogP contribution is 2.13. The van der Waals surface area contributed by atoms with Crippen molar-refractivity contribution in [3.63, 3.8) is 0 Å². The van der Waals surface area contributed by atoms with E-state index in [1.165, 1.54) is 0 Å². The van der Waals surface area contributed by atoms with E-state index in [2.05, 4.69) is 5.32 Å². The van der Waals surface area contributed by atoms with Gasteiger partial charge in [-0.15, -0.1) is 0 Å². The summed E-state index contributed by atoms with van der Waals surface area (Å²) in [6.07, 6.45) is 0.777. The molecule has 0 aliphatic heterocycles. The summed E-state index contributed by atoms with van der Waals surface area (Å²) in [5, 5.41) is 2.96. The first-order chi connectivity index (χ1) is 8.40. The number of nitrogens with two attached hydrogens (primary N) is 1. The van der Waals surface area contributed by atoms with Crippen LogP contribution in [0.1, 0.15) is 30.6 Å². The first-order valence-electron chi connectivity index (χ1n) is 6.24. The van der Waals surface area contributed by atoms with Crippen LogP contribution < -0.4 is 16.0 Å². The molecular weight excluding hydrogens is 226 g/mol. The zero-order valence-electron chi connectivity index (χ0n) is 11.6. The number of amides is 1. The zero-order valence-corrected chi connectivity index (χ0v) is 11.6. The van der Waals surface area contributed by atoms with Gasteiger partial charge in [0.15, 0.2) is 0 Å². The summed E-state index contributed by atoms with van der Waals surface area (Å²) in [4.78, 5) is 14.0. The molecule has 4 heteroatoms. The van der Waals surface area contributed by atoms with E-state index in [1.807, 2.05) is 57.1 Å². The Kier molecular flexibility index (Phi) is 5.16. The van der Waals surface area contributed by atoms with Crippen LogP contribution >= 0.6 is 0 Å².